The molecule has 0 spiro atoms. The lowest BCUT2D eigenvalue weighted by Crippen LogP contribution is -2.33. The zero-order chi connectivity index (χ0) is 21.3. The van der Waals surface area contributed by atoms with Crippen molar-refractivity contribution in [2.75, 3.05) is 23.3 Å². The molecular formula is C23H28N2O4S. The second kappa shape index (κ2) is 8.30. The Morgan fingerprint density at radius 2 is 1.93 bits per heavy atom. The number of nitrogens with one attached hydrogen (secondary N) is 1. The van der Waals surface area contributed by atoms with E-state index in [1.54, 1.807) is 24.3 Å². The van der Waals surface area contributed by atoms with Crippen molar-refractivity contribution < 1.29 is 17.9 Å². The fraction of sp³-hybridized carbons (Fsp3) is 0.435. The minimum absolute atomic E-state index is 0.0948. The molecule has 2 aliphatic rings. The van der Waals surface area contributed by atoms with E-state index in [9.17, 15) is 13.2 Å². The van der Waals surface area contributed by atoms with Gasteiger partial charge >= 0.3 is 0 Å². The summed E-state index contributed by atoms with van der Waals surface area (Å²) in [7, 11) is -2.38. The molecule has 30 heavy (non-hydrogen) atoms. The zero-order valence-electron chi connectivity index (χ0n) is 17.5. The van der Waals surface area contributed by atoms with Crippen LogP contribution in [0.4, 0.5) is 11.4 Å². The number of aryl methyl sites for hydroxylation is 1. The number of rotatable bonds is 6. The van der Waals surface area contributed by atoms with Crippen molar-refractivity contribution in [3.63, 3.8) is 0 Å². The second-order valence-corrected chi connectivity index (χ2v) is 9.66. The smallest absolute Gasteiger partial charge is 0.265 e. The number of fused-ring (bicyclic) bond motifs is 1. The quantitative estimate of drug-likeness (QED) is 0.750. The van der Waals surface area contributed by atoms with Crippen molar-refractivity contribution in [1.29, 1.82) is 0 Å². The van der Waals surface area contributed by atoms with Gasteiger partial charge in [-0.2, -0.15) is 0 Å². The maximum atomic E-state index is 13.1. The number of sulfonamides is 1. The summed E-state index contributed by atoms with van der Waals surface area (Å²) in [6, 6.07) is 10.6. The van der Waals surface area contributed by atoms with Crippen LogP contribution in [0.5, 0.6) is 5.75 Å². The molecule has 1 aliphatic heterocycles. The van der Waals surface area contributed by atoms with Crippen LogP contribution in [-0.2, 0) is 27.7 Å². The minimum atomic E-state index is -3.84. The van der Waals surface area contributed by atoms with Gasteiger partial charge in [0.05, 0.1) is 12.8 Å². The number of hydrogen-bond donors (Lipinski definition) is 1. The van der Waals surface area contributed by atoms with Crippen LogP contribution in [0.2, 0.25) is 0 Å². The van der Waals surface area contributed by atoms with E-state index in [0.29, 0.717) is 18.0 Å². The van der Waals surface area contributed by atoms with Crippen LogP contribution in [0.15, 0.2) is 41.3 Å². The first-order chi connectivity index (χ1) is 14.4. The van der Waals surface area contributed by atoms with Crippen LogP contribution < -0.4 is 14.4 Å². The second-order valence-electron chi connectivity index (χ2n) is 8.01. The molecule has 2 aromatic carbocycles. The molecule has 7 heteroatoms. The molecule has 4 rings (SSSR count). The summed E-state index contributed by atoms with van der Waals surface area (Å²) in [5.41, 5.74) is 3.26. The van der Waals surface area contributed by atoms with E-state index in [0.717, 1.165) is 55.3 Å². The third-order valence-electron chi connectivity index (χ3n) is 6.13. The average molecular weight is 429 g/mol. The lowest BCUT2D eigenvalue weighted by atomic mass is 10.1. The standard InChI is InChI=1S/C23H28N2O4S/c1-3-16-8-11-21(29-2)22(14-16)30(27,28)24-19-10-9-17-12-13-25(20(17)15-19)23(26)18-6-4-5-7-18/h8-11,14-15,18,24H,3-7,12-13H2,1-2H3. The Morgan fingerprint density at radius 1 is 1.17 bits per heavy atom. The van der Waals surface area contributed by atoms with Gasteiger partial charge in [0.25, 0.3) is 10.0 Å². The lowest BCUT2D eigenvalue weighted by Gasteiger charge is -2.22. The monoisotopic (exact) mass is 428 g/mol. The molecule has 0 radical (unpaired) electrons. The number of benzene rings is 2. The van der Waals surface area contributed by atoms with Crippen LogP contribution in [0.1, 0.15) is 43.7 Å². The van der Waals surface area contributed by atoms with Crippen molar-refractivity contribution in [3.8, 4) is 5.75 Å². The largest absolute Gasteiger partial charge is 0.495 e. The van der Waals surface area contributed by atoms with Gasteiger partial charge < -0.3 is 9.64 Å². The molecular weight excluding hydrogens is 400 g/mol. The third-order valence-corrected chi connectivity index (χ3v) is 7.53. The lowest BCUT2D eigenvalue weighted by molar-refractivity contribution is -0.122. The Labute approximate surface area is 178 Å². The van der Waals surface area contributed by atoms with Gasteiger partial charge in [0.15, 0.2) is 0 Å². The summed E-state index contributed by atoms with van der Waals surface area (Å²) in [6.45, 7) is 2.63. The summed E-state index contributed by atoms with van der Waals surface area (Å²) < 4.78 is 34.2. The molecule has 0 unspecified atom stereocenters. The molecule has 0 saturated heterocycles. The van der Waals surface area contributed by atoms with Gasteiger partial charge in [0, 0.05) is 18.2 Å². The predicted molar refractivity (Wildman–Crippen MR) is 118 cm³/mol. The normalized spacial score (nSPS) is 16.5. The van der Waals surface area contributed by atoms with Crippen molar-refractivity contribution >= 4 is 27.3 Å². The van der Waals surface area contributed by atoms with Crippen LogP contribution >= 0.6 is 0 Å². The van der Waals surface area contributed by atoms with Crippen LogP contribution in [0, 0.1) is 5.92 Å². The van der Waals surface area contributed by atoms with Crippen molar-refractivity contribution in [2.45, 2.75) is 50.3 Å². The molecule has 1 fully saturated rings. The molecule has 0 atom stereocenters. The Morgan fingerprint density at radius 3 is 2.63 bits per heavy atom. The highest BCUT2D eigenvalue weighted by Gasteiger charge is 2.32. The summed E-state index contributed by atoms with van der Waals surface area (Å²) in [5, 5.41) is 0. The zero-order valence-corrected chi connectivity index (χ0v) is 18.3. The molecule has 160 valence electrons. The average Bonchev–Trinajstić information content (AvgIpc) is 3.42. The highest BCUT2D eigenvalue weighted by molar-refractivity contribution is 7.92. The summed E-state index contributed by atoms with van der Waals surface area (Å²) in [6.07, 6.45) is 5.64. The number of ether oxygens (including phenoxy) is 1. The molecule has 2 aromatic rings. The molecule has 1 N–H and O–H groups in total. The van der Waals surface area contributed by atoms with Crippen LogP contribution in [0.3, 0.4) is 0 Å². The molecule has 1 aliphatic carbocycles. The predicted octanol–water partition coefficient (Wildman–Crippen LogP) is 4.14. The topological polar surface area (TPSA) is 75.7 Å². The van der Waals surface area contributed by atoms with Gasteiger partial charge in [-0.15, -0.1) is 0 Å². The number of carbonyl (C=O) groups is 1. The number of nitrogens with zero attached hydrogens (tertiary/aromatic N) is 1. The van der Waals surface area contributed by atoms with Gasteiger partial charge in [-0.3, -0.25) is 9.52 Å². The van der Waals surface area contributed by atoms with Crippen molar-refractivity contribution in [2.24, 2.45) is 5.92 Å². The van der Waals surface area contributed by atoms with Gasteiger partial charge in [-0.05, 0) is 61.1 Å². The van der Waals surface area contributed by atoms with Gasteiger partial charge in [-0.1, -0.05) is 31.9 Å². The van der Waals surface area contributed by atoms with Gasteiger partial charge in [0.1, 0.15) is 10.6 Å². The molecule has 0 bridgehead atoms. The van der Waals surface area contributed by atoms with Crippen LogP contribution in [-0.4, -0.2) is 28.0 Å². The molecule has 1 saturated carbocycles. The van der Waals surface area contributed by atoms with Crippen molar-refractivity contribution in [1.82, 2.24) is 0 Å². The summed E-state index contributed by atoms with van der Waals surface area (Å²) in [5.74, 6) is 0.569. The van der Waals surface area contributed by atoms with E-state index in [1.807, 2.05) is 24.0 Å². The van der Waals surface area contributed by atoms with E-state index < -0.39 is 10.0 Å². The van der Waals surface area contributed by atoms with E-state index in [-0.39, 0.29) is 16.7 Å². The molecule has 0 aromatic heterocycles. The first-order valence-corrected chi connectivity index (χ1v) is 12.1. The number of methoxy groups -OCH3 is 1. The fourth-order valence-corrected chi connectivity index (χ4v) is 5.70. The first-order valence-electron chi connectivity index (χ1n) is 10.6. The maximum Gasteiger partial charge on any atom is 0.265 e. The van der Waals surface area contributed by atoms with E-state index >= 15 is 0 Å². The molecule has 1 amide bonds. The molecule has 1 heterocycles. The number of hydrogen-bond acceptors (Lipinski definition) is 4. The molecule has 6 nitrogen and oxygen atoms in total. The fourth-order valence-electron chi connectivity index (χ4n) is 4.43. The Bertz CT molecular complexity index is 1060. The summed E-state index contributed by atoms with van der Waals surface area (Å²) >= 11 is 0. The SMILES string of the molecule is CCc1ccc(OC)c(S(=O)(=O)Nc2ccc3c(c2)N(C(=O)C2CCCC2)CC3)c1. The highest BCUT2D eigenvalue weighted by atomic mass is 32.2. The third kappa shape index (κ3) is 3.90. The van der Waals surface area contributed by atoms with Crippen molar-refractivity contribution in [3.05, 3.63) is 47.5 Å². The Kier molecular flexibility index (Phi) is 5.73. The number of anilines is 2. The minimum Gasteiger partial charge on any atom is -0.495 e. The van der Waals surface area contributed by atoms with Gasteiger partial charge in [0.2, 0.25) is 5.91 Å². The first kappa shape index (κ1) is 20.7. The van der Waals surface area contributed by atoms with Crippen LogP contribution in [0.25, 0.3) is 0 Å². The Hall–Kier alpha value is -2.54. The van der Waals surface area contributed by atoms with E-state index in [1.165, 1.54) is 7.11 Å². The number of amides is 1. The summed E-state index contributed by atoms with van der Waals surface area (Å²) in [4.78, 5) is 14.9. The van der Waals surface area contributed by atoms with E-state index in [2.05, 4.69) is 4.72 Å². The Balaban J connectivity index is 1.62. The highest BCUT2D eigenvalue weighted by Crippen LogP contribution is 2.36. The number of carbonyl (C=O) groups excluding carboxylic acids is 1. The maximum absolute atomic E-state index is 13.1. The van der Waals surface area contributed by atoms with E-state index in [4.69, 9.17) is 4.74 Å². The van der Waals surface area contributed by atoms with Gasteiger partial charge in [-0.25, -0.2) is 8.42 Å².